The van der Waals surface area contributed by atoms with Crippen molar-refractivity contribution >= 4 is 11.0 Å². The molecule has 2 heterocycles. The number of nitrogens with zero attached hydrogens (tertiary/aromatic N) is 2. The highest BCUT2D eigenvalue weighted by Gasteiger charge is 2.27. The largest absolute Gasteiger partial charge is 0.326 e. The number of fused-ring (bicyclic) bond motifs is 1. The second-order valence-electron chi connectivity index (χ2n) is 8.12. The monoisotopic (exact) mass is 315 g/mol. The van der Waals surface area contributed by atoms with Crippen molar-refractivity contribution in [3.8, 4) is 0 Å². The topological polar surface area (TPSA) is 41.0 Å². The molecule has 1 aromatic carbocycles. The average molecular weight is 315 g/mol. The number of hydrogen-bond acceptors (Lipinski definition) is 2. The molecule has 1 N–H and O–H groups in total. The third kappa shape index (κ3) is 3.37. The molecule has 1 atom stereocenters. The molecule has 1 aliphatic rings. The molecule has 4 nitrogen and oxygen atoms in total. The maximum absolute atomic E-state index is 12.3. The Labute approximate surface area is 138 Å². The van der Waals surface area contributed by atoms with Crippen molar-refractivity contribution in [2.45, 2.75) is 46.6 Å². The van der Waals surface area contributed by atoms with Crippen LogP contribution in [-0.4, -0.2) is 34.1 Å². The Bertz CT molecular complexity index is 714. The first-order valence-electron chi connectivity index (χ1n) is 8.78. The second-order valence-corrected chi connectivity index (χ2v) is 8.12. The fourth-order valence-corrected chi connectivity index (χ4v) is 3.46. The lowest BCUT2D eigenvalue weighted by molar-refractivity contribution is 0.125. The van der Waals surface area contributed by atoms with Gasteiger partial charge < -0.3 is 9.88 Å². The van der Waals surface area contributed by atoms with Crippen LogP contribution in [0.5, 0.6) is 0 Å². The van der Waals surface area contributed by atoms with Crippen molar-refractivity contribution in [1.82, 2.24) is 14.5 Å². The number of H-pyrrole nitrogens is 1. The van der Waals surface area contributed by atoms with Gasteiger partial charge in [-0.05, 0) is 36.3 Å². The van der Waals surface area contributed by atoms with E-state index in [9.17, 15) is 4.79 Å². The van der Waals surface area contributed by atoms with Gasteiger partial charge in [0.05, 0.1) is 11.0 Å². The highest BCUT2D eigenvalue weighted by Crippen LogP contribution is 2.29. The third-order valence-corrected chi connectivity index (χ3v) is 5.56. The van der Waals surface area contributed by atoms with E-state index in [0.717, 1.165) is 43.5 Å². The van der Waals surface area contributed by atoms with E-state index in [1.807, 2.05) is 28.8 Å². The predicted molar refractivity (Wildman–Crippen MR) is 95.9 cm³/mol. The Balaban J connectivity index is 1.69. The summed E-state index contributed by atoms with van der Waals surface area (Å²) in [5, 5.41) is 0. The summed E-state index contributed by atoms with van der Waals surface area (Å²) in [7, 11) is 0. The zero-order valence-electron chi connectivity index (χ0n) is 14.8. The van der Waals surface area contributed by atoms with E-state index in [4.69, 9.17) is 0 Å². The highest BCUT2D eigenvalue weighted by molar-refractivity contribution is 5.75. The quantitative estimate of drug-likeness (QED) is 0.939. The standard InChI is InChI=1S/C19H29N3O/c1-14(19(2,3)4)13-21-11-9-15(10-12-21)22-17-8-6-5-7-16(17)20-18(22)23/h5-8,14-15H,9-13H2,1-4H3,(H,20,23). The van der Waals surface area contributed by atoms with Crippen LogP contribution in [0.25, 0.3) is 11.0 Å². The zero-order chi connectivity index (χ0) is 16.6. The van der Waals surface area contributed by atoms with Gasteiger partial charge in [0.15, 0.2) is 0 Å². The first-order chi connectivity index (χ1) is 10.9. The molecule has 0 spiro atoms. The van der Waals surface area contributed by atoms with Crippen LogP contribution >= 0.6 is 0 Å². The first-order valence-corrected chi connectivity index (χ1v) is 8.78. The minimum Gasteiger partial charge on any atom is -0.306 e. The Morgan fingerprint density at radius 2 is 1.87 bits per heavy atom. The van der Waals surface area contributed by atoms with Crippen molar-refractivity contribution in [3.63, 3.8) is 0 Å². The minimum absolute atomic E-state index is 0.0349. The maximum Gasteiger partial charge on any atom is 0.326 e. The zero-order valence-corrected chi connectivity index (χ0v) is 14.8. The molecule has 4 heteroatoms. The van der Waals surface area contributed by atoms with Crippen molar-refractivity contribution in [1.29, 1.82) is 0 Å². The molecule has 1 unspecified atom stereocenters. The highest BCUT2D eigenvalue weighted by atomic mass is 16.1. The SMILES string of the molecule is CC(CN1CCC(n2c(=O)[nH]c3ccccc32)CC1)C(C)(C)C. The summed E-state index contributed by atoms with van der Waals surface area (Å²) in [4.78, 5) is 17.9. The maximum atomic E-state index is 12.3. The summed E-state index contributed by atoms with van der Waals surface area (Å²) in [6.07, 6.45) is 2.11. The predicted octanol–water partition coefficient (Wildman–Crippen LogP) is 3.65. The van der Waals surface area contributed by atoms with Crippen LogP contribution in [0, 0.1) is 11.3 Å². The molecule has 1 fully saturated rings. The molecular weight excluding hydrogens is 286 g/mol. The van der Waals surface area contributed by atoms with Gasteiger partial charge in [-0.3, -0.25) is 4.57 Å². The summed E-state index contributed by atoms with van der Waals surface area (Å²) < 4.78 is 1.97. The number of benzene rings is 1. The summed E-state index contributed by atoms with van der Waals surface area (Å²) in [6.45, 7) is 12.6. The number of nitrogens with one attached hydrogen (secondary N) is 1. The Morgan fingerprint density at radius 1 is 1.22 bits per heavy atom. The lowest BCUT2D eigenvalue weighted by Crippen LogP contribution is -2.41. The number of piperidine rings is 1. The molecule has 1 aromatic heterocycles. The number of aromatic nitrogens is 2. The third-order valence-electron chi connectivity index (χ3n) is 5.56. The van der Waals surface area contributed by atoms with Crippen molar-refractivity contribution in [3.05, 3.63) is 34.7 Å². The lowest BCUT2D eigenvalue weighted by Gasteiger charge is -2.37. The van der Waals surface area contributed by atoms with E-state index in [1.54, 1.807) is 0 Å². The summed E-state index contributed by atoms with van der Waals surface area (Å²) in [5.41, 5.74) is 2.37. The molecule has 0 saturated carbocycles. The van der Waals surface area contributed by atoms with Gasteiger partial charge in [-0.1, -0.05) is 39.8 Å². The van der Waals surface area contributed by atoms with E-state index in [2.05, 4.69) is 37.6 Å². The van der Waals surface area contributed by atoms with Crippen LogP contribution in [0.3, 0.4) is 0 Å². The van der Waals surface area contributed by atoms with E-state index in [1.165, 1.54) is 0 Å². The van der Waals surface area contributed by atoms with Gasteiger partial charge in [-0.15, -0.1) is 0 Å². The smallest absolute Gasteiger partial charge is 0.306 e. The Morgan fingerprint density at radius 3 is 2.52 bits per heavy atom. The second kappa shape index (κ2) is 6.16. The van der Waals surface area contributed by atoms with Crippen LogP contribution in [0.15, 0.2) is 29.1 Å². The molecule has 2 aromatic rings. The minimum atomic E-state index is 0.0349. The molecule has 0 bridgehead atoms. The van der Waals surface area contributed by atoms with Crippen molar-refractivity contribution < 1.29 is 0 Å². The fraction of sp³-hybridized carbons (Fsp3) is 0.632. The van der Waals surface area contributed by atoms with Gasteiger partial charge in [-0.25, -0.2) is 4.79 Å². The summed E-state index contributed by atoms with van der Waals surface area (Å²) >= 11 is 0. The van der Waals surface area contributed by atoms with Gasteiger partial charge in [0, 0.05) is 25.7 Å². The fourth-order valence-electron chi connectivity index (χ4n) is 3.46. The molecule has 126 valence electrons. The van der Waals surface area contributed by atoms with Gasteiger partial charge in [0.1, 0.15) is 0 Å². The van der Waals surface area contributed by atoms with Crippen LogP contribution < -0.4 is 5.69 Å². The molecule has 0 radical (unpaired) electrons. The number of rotatable bonds is 3. The number of likely N-dealkylation sites (tertiary alicyclic amines) is 1. The molecule has 23 heavy (non-hydrogen) atoms. The average Bonchev–Trinajstić information content (AvgIpc) is 2.83. The van der Waals surface area contributed by atoms with Crippen LogP contribution in [0.1, 0.15) is 46.6 Å². The van der Waals surface area contributed by atoms with E-state index < -0.39 is 0 Å². The van der Waals surface area contributed by atoms with Gasteiger partial charge in [0.2, 0.25) is 0 Å². The summed E-state index contributed by atoms with van der Waals surface area (Å²) in [5.74, 6) is 0.676. The van der Waals surface area contributed by atoms with Crippen LogP contribution in [0.4, 0.5) is 0 Å². The molecule has 0 aliphatic carbocycles. The van der Waals surface area contributed by atoms with E-state index in [-0.39, 0.29) is 5.69 Å². The number of hydrogen-bond donors (Lipinski definition) is 1. The van der Waals surface area contributed by atoms with Crippen LogP contribution in [-0.2, 0) is 0 Å². The molecular formula is C19H29N3O. The first kappa shape index (κ1) is 16.3. The molecule has 1 aliphatic heterocycles. The number of imidazole rings is 1. The summed E-state index contributed by atoms with van der Waals surface area (Å²) in [6, 6.07) is 8.32. The molecule has 3 rings (SSSR count). The van der Waals surface area contributed by atoms with Gasteiger partial charge >= 0.3 is 5.69 Å². The number of aromatic amines is 1. The van der Waals surface area contributed by atoms with Crippen molar-refractivity contribution in [2.24, 2.45) is 11.3 Å². The number of para-hydroxylation sites is 2. The Hall–Kier alpha value is -1.55. The van der Waals surface area contributed by atoms with E-state index in [0.29, 0.717) is 17.4 Å². The lowest BCUT2D eigenvalue weighted by atomic mass is 9.81. The molecule has 0 amide bonds. The Kier molecular flexibility index (Phi) is 4.37. The van der Waals surface area contributed by atoms with Crippen molar-refractivity contribution in [2.75, 3.05) is 19.6 Å². The van der Waals surface area contributed by atoms with E-state index >= 15 is 0 Å². The van der Waals surface area contributed by atoms with Gasteiger partial charge in [0.25, 0.3) is 0 Å². The normalized spacial score (nSPS) is 19.3. The molecule has 1 saturated heterocycles. The van der Waals surface area contributed by atoms with Crippen LogP contribution in [0.2, 0.25) is 0 Å². The van der Waals surface area contributed by atoms with Gasteiger partial charge in [-0.2, -0.15) is 0 Å².